The van der Waals surface area contributed by atoms with Gasteiger partial charge in [-0.1, -0.05) is 0 Å². The molecule has 0 bridgehead atoms. The van der Waals surface area contributed by atoms with Crippen molar-refractivity contribution in [3.05, 3.63) is 22.5 Å². The summed E-state index contributed by atoms with van der Waals surface area (Å²) < 4.78 is 7.16. The van der Waals surface area contributed by atoms with Crippen LogP contribution in [-0.4, -0.2) is 25.6 Å². The van der Waals surface area contributed by atoms with Gasteiger partial charge in [-0.05, 0) is 53.7 Å². The van der Waals surface area contributed by atoms with Crippen LogP contribution in [0.15, 0.2) is 16.9 Å². The Hall–Kier alpha value is -2.24. The van der Waals surface area contributed by atoms with Crippen LogP contribution in [-0.2, 0) is 5.54 Å². The van der Waals surface area contributed by atoms with Crippen molar-refractivity contribution in [2.75, 3.05) is 0 Å². The van der Waals surface area contributed by atoms with E-state index in [4.69, 9.17) is 4.74 Å². The highest BCUT2D eigenvalue weighted by Crippen LogP contribution is 2.34. The number of ether oxygens (including phenoxy) is 1. The molecule has 0 radical (unpaired) electrons. The lowest BCUT2D eigenvalue weighted by Gasteiger charge is -2.26. The monoisotopic (exact) mass is 306 g/mol. The van der Waals surface area contributed by atoms with Crippen LogP contribution in [0.4, 0.5) is 0 Å². The van der Waals surface area contributed by atoms with Crippen molar-refractivity contribution < 1.29 is 14.9 Å². The number of phenolic OH excluding ortho intramolecular Hbond substituents is 2. The standard InChI is InChI=1S/C16H22N2O4/c1-15(2,3)18-14(21)10-8-12(20)11(19)7-9(10)13(17-18)22-16(4,5)6/h7-8,19-20H,1-6H3. The zero-order chi connectivity index (χ0) is 16.9. The van der Waals surface area contributed by atoms with E-state index in [1.165, 1.54) is 16.8 Å². The van der Waals surface area contributed by atoms with Crippen LogP contribution >= 0.6 is 0 Å². The third-order valence-corrected chi connectivity index (χ3v) is 3.00. The molecule has 0 unspecified atom stereocenters. The Kier molecular flexibility index (Phi) is 3.59. The van der Waals surface area contributed by atoms with Gasteiger partial charge in [-0.3, -0.25) is 4.79 Å². The van der Waals surface area contributed by atoms with Crippen LogP contribution < -0.4 is 10.3 Å². The fourth-order valence-corrected chi connectivity index (χ4v) is 2.05. The van der Waals surface area contributed by atoms with E-state index < -0.39 is 11.1 Å². The maximum atomic E-state index is 12.6. The molecule has 1 aromatic heterocycles. The Bertz CT molecular complexity index is 780. The summed E-state index contributed by atoms with van der Waals surface area (Å²) in [6, 6.07) is 2.54. The smallest absolute Gasteiger partial charge is 0.275 e. The second kappa shape index (κ2) is 4.90. The van der Waals surface area contributed by atoms with Crippen molar-refractivity contribution in [1.82, 2.24) is 9.78 Å². The van der Waals surface area contributed by atoms with Gasteiger partial charge in [0.05, 0.1) is 16.3 Å². The maximum absolute atomic E-state index is 12.6. The number of hydrogen-bond acceptors (Lipinski definition) is 5. The van der Waals surface area contributed by atoms with Gasteiger partial charge in [-0.25, -0.2) is 4.68 Å². The molecule has 2 aromatic rings. The van der Waals surface area contributed by atoms with E-state index in [-0.39, 0.29) is 28.3 Å². The maximum Gasteiger partial charge on any atom is 0.275 e. The first-order valence-electron chi connectivity index (χ1n) is 7.09. The van der Waals surface area contributed by atoms with E-state index in [1.54, 1.807) is 0 Å². The van der Waals surface area contributed by atoms with Crippen LogP contribution in [0.5, 0.6) is 17.4 Å². The largest absolute Gasteiger partial charge is 0.504 e. The van der Waals surface area contributed by atoms with Crippen molar-refractivity contribution in [3.8, 4) is 17.4 Å². The molecule has 6 heteroatoms. The van der Waals surface area contributed by atoms with Gasteiger partial charge < -0.3 is 14.9 Å². The van der Waals surface area contributed by atoms with E-state index >= 15 is 0 Å². The minimum Gasteiger partial charge on any atom is -0.504 e. The van der Waals surface area contributed by atoms with Crippen molar-refractivity contribution in [2.24, 2.45) is 0 Å². The summed E-state index contributed by atoms with van der Waals surface area (Å²) in [4.78, 5) is 12.6. The lowest BCUT2D eigenvalue weighted by Crippen LogP contribution is -2.37. The average Bonchev–Trinajstić information content (AvgIpc) is 2.32. The van der Waals surface area contributed by atoms with E-state index in [0.717, 1.165) is 0 Å². The van der Waals surface area contributed by atoms with Crippen molar-refractivity contribution >= 4 is 10.8 Å². The molecule has 0 aliphatic rings. The predicted molar refractivity (Wildman–Crippen MR) is 84.7 cm³/mol. The number of aromatic hydroxyl groups is 2. The van der Waals surface area contributed by atoms with Gasteiger partial charge in [0.25, 0.3) is 5.56 Å². The summed E-state index contributed by atoms with van der Waals surface area (Å²) in [5.41, 5.74) is -1.42. The lowest BCUT2D eigenvalue weighted by atomic mass is 10.1. The summed E-state index contributed by atoms with van der Waals surface area (Å²) in [5.74, 6) is -0.425. The molecule has 2 rings (SSSR count). The summed E-state index contributed by atoms with van der Waals surface area (Å²) >= 11 is 0. The van der Waals surface area contributed by atoms with E-state index in [2.05, 4.69) is 5.10 Å². The molecule has 1 aromatic carbocycles. The SMILES string of the molecule is CC(C)(C)Oc1nn(C(C)(C)C)c(=O)c2cc(O)c(O)cc12. The molecule has 1 heterocycles. The number of nitrogens with zero attached hydrogens (tertiary/aromatic N) is 2. The fraction of sp³-hybridized carbons (Fsp3) is 0.500. The molecule has 0 saturated heterocycles. The Morgan fingerprint density at radius 1 is 1.00 bits per heavy atom. The van der Waals surface area contributed by atoms with E-state index in [1.807, 2.05) is 41.5 Å². The highest BCUT2D eigenvalue weighted by atomic mass is 16.5. The molecule has 22 heavy (non-hydrogen) atoms. The Morgan fingerprint density at radius 2 is 1.50 bits per heavy atom. The predicted octanol–water partition coefficient (Wildman–Crippen LogP) is 2.74. The van der Waals surface area contributed by atoms with Crippen LogP contribution in [0.25, 0.3) is 10.8 Å². The minimum absolute atomic E-state index is 0.243. The van der Waals surface area contributed by atoms with Crippen LogP contribution in [0, 0.1) is 0 Å². The molecule has 2 N–H and O–H groups in total. The molecular formula is C16H22N2O4. The first-order chi connectivity index (χ1) is 9.90. The van der Waals surface area contributed by atoms with E-state index in [9.17, 15) is 15.0 Å². The van der Waals surface area contributed by atoms with Crippen molar-refractivity contribution in [2.45, 2.75) is 52.7 Å². The van der Waals surface area contributed by atoms with Gasteiger partial charge in [0.2, 0.25) is 5.88 Å². The molecule has 0 aliphatic carbocycles. The number of phenols is 2. The molecule has 0 atom stereocenters. The minimum atomic E-state index is -0.547. The summed E-state index contributed by atoms with van der Waals surface area (Å²) in [6.45, 7) is 11.2. The number of hydrogen-bond donors (Lipinski definition) is 2. The summed E-state index contributed by atoms with van der Waals surface area (Å²) in [7, 11) is 0. The lowest BCUT2D eigenvalue weighted by molar-refractivity contribution is 0.120. The normalized spacial score (nSPS) is 12.6. The molecule has 0 saturated carbocycles. The Balaban J connectivity index is 2.90. The topological polar surface area (TPSA) is 84.6 Å². The summed E-state index contributed by atoms with van der Waals surface area (Å²) in [6.07, 6.45) is 0. The first kappa shape index (κ1) is 16.1. The van der Waals surface area contributed by atoms with Gasteiger partial charge >= 0.3 is 0 Å². The molecular weight excluding hydrogens is 284 g/mol. The second-order valence-electron chi connectivity index (χ2n) is 7.29. The number of aromatic nitrogens is 2. The molecule has 120 valence electrons. The van der Waals surface area contributed by atoms with Crippen molar-refractivity contribution in [3.63, 3.8) is 0 Å². The van der Waals surface area contributed by atoms with Crippen molar-refractivity contribution in [1.29, 1.82) is 0 Å². The Labute approximate surface area is 129 Å². The number of fused-ring (bicyclic) bond motifs is 1. The quantitative estimate of drug-likeness (QED) is 0.791. The molecule has 6 nitrogen and oxygen atoms in total. The first-order valence-corrected chi connectivity index (χ1v) is 7.09. The highest BCUT2D eigenvalue weighted by Gasteiger charge is 2.24. The van der Waals surface area contributed by atoms with Gasteiger partial charge in [-0.15, -0.1) is 5.10 Å². The third kappa shape index (κ3) is 3.00. The second-order valence-corrected chi connectivity index (χ2v) is 7.29. The van der Waals surface area contributed by atoms with Crippen LogP contribution in [0.1, 0.15) is 41.5 Å². The molecule has 0 amide bonds. The van der Waals surface area contributed by atoms with E-state index in [0.29, 0.717) is 5.39 Å². The van der Waals surface area contributed by atoms with Crippen LogP contribution in [0.2, 0.25) is 0 Å². The highest BCUT2D eigenvalue weighted by molar-refractivity contribution is 5.89. The van der Waals surface area contributed by atoms with Gasteiger partial charge in [0, 0.05) is 0 Å². The number of rotatable bonds is 1. The summed E-state index contributed by atoms with van der Waals surface area (Å²) in [5, 5.41) is 24.4. The molecule has 0 fully saturated rings. The number of benzene rings is 1. The fourth-order valence-electron chi connectivity index (χ4n) is 2.05. The van der Waals surface area contributed by atoms with Gasteiger partial charge in [0.1, 0.15) is 5.60 Å². The van der Waals surface area contributed by atoms with Gasteiger partial charge in [0.15, 0.2) is 11.5 Å². The Morgan fingerprint density at radius 3 is 1.95 bits per heavy atom. The average molecular weight is 306 g/mol. The molecule has 0 spiro atoms. The third-order valence-electron chi connectivity index (χ3n) is 3.00. The van der Waals surface area contributed by atoms with Crippen LogP contribution in [0.3, 0.4) is 0 Å². The molecule has 0 aliphatic heterocycles. The van der Waals surface area contributed by atoms with Gasteiger partial charge in [-0.2, -0.15) is 0 Å². The zero-order valence-corrected chi connectivity index (χ0v) is 13.8. The zero-order valence-electron chi connectivity index (χ0n) is 13.8.